The summed E-state index contributed by atoms with van der Waals surface area (Å²) < 4.78 is 5.61. The number of anilines is 1. The van der Waals surface area contributed by atoms with Crippen molar-refractivity contribution in [3.8, 4) is 0 Å². The van der Waals surface area contributed by atoms with Gasteiger partial charge in [0.1, 0.15) is 5.82 Å². The van der Waals surface area contributed by atoms with Gasteiger partial charge in [0.05, 0.1) is 6.04 Å². The quantitative estimate of drug-likeness (QED) is 0.877. The summed E-state index contributed by atoms with van der Waals surface area (Å²) in [6, 6.07) is 2.10. The monoisotopic (exact) mass is 278 g/mol. The van der Waals surface area contributed by atoms with Gasteiger partial charge in [-0.15, -0.1) is 5.10 Å². The molecule has 3 heterocycles. The lowest BCUT2D eigenvalue weighted by molar-refractivity contribution is 0.0684. The van der Waals surface area contributed by atoms with E-state index < -0.39 is 0 Å². The largest absolute Gasteiger partial charge is 0.382 e. The summed E-state index contributed by atoms with van der Waals surface area (Å²) in [6.07, 6.45) is 3.65. The zero-order valence-corrected chi connectivity index (χ0v) is 11.1. The molecule has 0 spiro atoms. The first-order valence-electron chi connectivity index (χ1n) is 6.11. The lowest BCUT2D eigenvalue weighted by atomic mass is 10.1. The van der Waals surface area contributed by atoms with Crippen LogP contribution in [0.4, 0.5) is 5.82 Å². The van der Waals surface area contributed by atoms with E-state index in [0.29, 0.717) is 30.6 Å². The first kappa shape index (κ1) is 12.1. The molecule has 0 bridgehead atoms. The highest BCUT2D eigenvalue weighted by Gasteiger charge is 2.26. The molecule has 0 aromatic carbocycles. The fraction of sp³-hybridized carbons (Fsp3) is 0.455. The van der Waals surface area contributed by atoms with Crippen LogP contribution in [0.15, 0.2) is 17.6 Å². The molecule has 1 amide bonds. The van der Waals surface area contributed by atoms with E-state index in [-0.39, 0.29) is 5.91 Å². The van der Waals surface area contributed by atoms with Crippen molar-refractivity contribution in [3.05, 3.63) is 23.3 Å². The Morgan fingerprint density at radius 2 is 2.21 bits per heavy atom. The molecule has 0 aliphatic carbocycles. The van der Waals surface area contributed by atoms with Gasteiger partial charge >= 0.3 is 0 Å². The number of hydrogen-bond donors (Lipinski definition) is 1. The van der Waals surface area contributed by atoms with Crippen LogP contribution in [-0.4, -0.2) is 43.3 Å². The molecule has 0 saturated carbocycles. The maximum atomic E-state index is 12.1. The molecule has 2 aromatic heterocycles. The molecule has 0 radical (unpaired) electrons. The number of carbonyl (C=O) groups excluding carboxylic acids is 1. The van der Waals surface area contributed by atoms with E-state index in [1.165, 1.54) is 11.5 Å². The zero-order chi connectivity index (χ0) is 13.2. The fourth-order valence-corrected chi connectivity index (χ4v) is 2.74. The highest BCUT2D eigenvalue weighted by molar-refractivity contribution is 7.03. The minimum atomic E-state index is -0.0350. The second kappa shape index (κ2) is 4.96. The number of likely N-dealkylation sites (tertiary alicyclic amines) is 1. The van der Waals surface area contributed by atoms with E-state index in [0.717, 1.165) is 12.8 Å². The predicted molar refractivity (Wildman–Crippen MR) is 70.7 cm³/mol. The smallest absolute Gasteiger partial charge is 0.275 e. The highest BCUT2D eigenvalue weighted by atomic mass is 32.1. The van der Waals surface area contributed by atoms with Gasteiger partial charge in [-0.2, -0.15) is 5.10 Å². The molecule has 2 aromatic rings. The molecule has 3 rings (SSSR count). The molecule has 2 N–H and O–H groups in total. The van der Waals surface area contributed by atoms with Crippen LogP contribution in [0.25, 0.3) is 0 Å². The number of aromatic nitrogens is 4. The number of nitrogens with zero attached hydrogens (tertiary/aromatic N) is 5. The Morgan fingerprint density at radius 1 is 1.42 bits per heavy atom. The van der Waals surface area contributed by atoms with Crippen LogP contribution in [0.2, 0.25) is 0 Å². The summed E-state index contributed by atoms with van der Waals surface area (Å²) >= 11 is 1.20. The summed E-state index contributed by atoms with van der Waals surface area (Å²) in [5.41, 5.74) is 6.05. The van der Waals surface area contributed by atoms with E-state index in [2.05, 4.69) is 14.7 Å². The van der Waals surface area contributed by atoms with Gasteiger partial charge in [-0.1, -0.05) is 4.49 Å². The molecule has 19 heavy (non-hydrogen) atoms. The minimum Gasteiger partial charge on any atom is -0.382 e. The molecule has 1 aliphatic rings. The molecule has 0 unspecified atom stereocenters. The number of rotatable bonds is 2. The van der Waals surface area contributed by atoms with Crippen molar-refractivity contribution >= 4 is 23.3 Å². The van der Waals surface area contributed by atoms with Crippen molar-refractivity contribution < 1.29 is 4.79 Å². The molecule has 1 fully saturated rings. The molecule has 7 nitrogen and oxygen atoms in total. The number of carbonyl (C=O) groups is 1. The molecular weight excluding hydrogens is 264 g/mol. The van der Waals surface area contributed by atoms with Crippen LogP contribution in [-0.2, 0) is 0 Å². The SMILES string of the molecule is Nc1ccn(C2CCN(C(=O)c3csnn3)CC2)n1. The summed E-state index contributed by atoms with van der Waals surface area (Å²) in [4.78, 5) is 13.9. The van der Waals surface area contributed by atoms with Crippen molar-refractivity contribution in [2.45, 2.75) is 18.9 Å². The molecule has 1 aliphatic heterocycles. The van der Waals surface area contributed by atoms with Gasteiger partial charge in [0.25, 0.3) is 5.91 Å². The lowest BCUT2D eigenvalue weighted by Gasteiger charge is -2.31. The summed E-state index contributed by atoms with van der Waals surface area (Å²) in [5, 5.41) is 9.72. The Hall–Kier alpha value is -1.96. The van der Waals surface area contributed by atoms with Crippen molar-refractivity contribution in [1.29, 1.82) is 0 Å². The Kier molecular flexibility index (Phi) is 3.16. The number of nitrogens with two attached hydrogens (primary N) is 1. The van der Waals surface area contributed by atoms with Crippen LogP contribution in [0, 0.1) is 0 Å². The Morgan fingerprint density at radius 3 is 2.79 bits per heavy atom. The normalized spacial score (nSPS) is 16.7. The summed E-state index contributed by atoms with van der Waals surface area (Å²) in [7, 11) is 0. The average Bonchev–Trinajstić information content (AvgIpc) is 3.09. The molecule has 1 saturated heterocycles. The van der Waals surface area contributed by atoms with E-state index >= 15 is 0 Å². The second-order valence-corrected chi connectivity index (χ2v) is 5.14. The van der Waals surface area contributed by atoms with Gasteiger partial charge in [0.2, 0.25) is 0 Å². The van der Waals surface area contributed by atoms with Crippen LogP contribution in [0.1, 0.15) is 29.4 Å². The van der Waals surface area contributed by atoms with E-state index in [1.807, 2.05) is 15.8 Å². The first-order valence-corrected chi connectivity index (χ1v) is 6.94. The summed E-state index contributed by atoms with van der Waals surface area (Å²) in [5.74, 6) is 0.499. The van der Waals surface area contributed by atoms with Gasteiger partial charge in [0, 0.05) is 24.7 Å². The zero-order valence-electron chi connectivity index (χ0n) is 10.3. The third-order valence-corrected chi connectivity index (χ3v) is 3.84. The van der Waals surface area contributed by atoms with Crippen LogP contribution < -0.4 is 5.73 Å². The van der Waals surface area contributed by atoms with Gasteiger partial charge in [-0.05, 0) is 30.4 Å². The van der Waals surface area contributed by atoms with E-state index in [1.54, 1.807) is 11.4 Å². The number of hydrogen-bond acceptors (Lipinski definition) is 6. The van der Waals surface area contributed by atoms with Crippen molar-refractivity contribution in [2.24, 2.45) is 0 Å². The van der Waals surface area contributed by atoms with E-state index in [9.17, 15) is 4.79 Å². The number of nitrogen functional groups attached to an aromatic ring is 1. The third-order valence-electron chi connectivity index (χ3n) is 3.33. The minimum absolute atomic E-state index is 0.0350. The molecule has 100 valence electrons. The molecule has 0 atom stereocenters. The van der Waals surface area contributed by atoms with Gasteiger partial charge in [-0.25, -0.2) is 0 Å². The van der Waals surface area contributed by atoms with Gasteiger partial charge < -0.3 is 10.6 Å². The van der Waals surface area contributed by atoms with Crippen molar-refractivity contribution in [2.75, 3.05) is 18.8 Å². The number of amides is 1. The van der Waals surface area contributed by atoms with Gasteiger partial charge in [0.15, 0.2) is 5.69 Å². The van der Waals surface area contributed by atoms with Crippen LogP contribution in [0.3, 0.4) is 0 Å². The van der Waals surface area contributed by atoms with Crippen molar-refractivity contribution in [3.63, 3.8) is 0 Å². The maximum absolute atomic E-state index is 12.1. The Balaban J connectivity index is 1.62. The third kappa shape index (κ3) is 2.43. The Bertz CT molecular complexity index is 558. The first-order chi connectivity index (χ1) is 9.24. The summed E-state index contributed by atoms with van der Waals surface area (Å²) in [6.45, 7) is 1.42. The maximum Gasteiger partial charge on any atom is 0.275 e. The van der Waals surface area contributed by atoms with Crippen LogP contribution in [0.5, 0.6) is 0 Å². The second-order valence-electron chi connectivity index (χ2n) is 4.53. The Labute approximate surface area is 114 Å². The fourth-order valence-electron chi connectivity index (χ4n) is 2.31. The molecular formula is C11H14N6OS. The van der Waals surface area contributed by atoms with Crippen LogP contribution >= 0.6 is 11.5 Å². The molecule has 8 heteroatoms. The topological polar surface area (TPSA) is 89.9 Å². The van der Waals surface area contributed by atoms with Crippen molar-refractivity contribution in [1.82, 2.24) is 24.3 Å². The standard InChI is InChI=1S/C11H14N6OS/c12-10-3-6-17(14-10)8-1-4-16(5-2-8)11(18)9-7-19-15-13-9/h3,6-8H,1-2,4-5H2,(H2,12,14). The highest BCUT2D eigenvalue weighted by Crippen LogP contribution is 2.23. The average molecular weight is 278 g/mol. The van der Waals surface area contributed by atoms with E-state index in [4.69, 9.17) is 5.73 Å². The predicted octanol–water partition coefficient (Wildman–Crippen LogP) is 0.794. The lowest BCUT2D eigenvalue weighted by Crippen LogP contribution is -2.39. The van der Waals surface area contributed by atoms with Gasteiger partial charge in [-0.3, -0.25) is 9.48 Å². The number of piperidine rings is 1.